The Morgan fingerprint density at radius 1 is 0.939 bits per heavy atom. The third-order valence-electron chi connectivity index (χ3n) is 5.45. The van der Waals surface area contributed by atoms with Crippen molar-refractivity contribution in [2.75, 3.05) is 58.2 Å². The zero-order valence-corrected chi connectivity index (χ0v) is 19.6. The SMILES string of the molecule is COc1ccc(N2CCN(C(=O)CSc3nnnn3-c3cc(OC)ccc3OC)CC2)cc1. The fourth-order valence-corrected chi connectivity index (χ4v) is 4.39. The Balaban J connectivity index is 1.36. The molecule has 0 aliphatic carbocycles. The van der Waals surface area contributed by atoms with Gasteiger partial charge in [0, 0.05) is 37.9 Å². The highest BCUT2D eigenvalue weighted by Crippen LogP contribution is 2.30. The maximum atomic E-state index is 12.8. The van der Waals surface area contributed by atoms with Gasteiger partial charge in [0.25, 0.3) is 0 Å². The monoisotopic (exact) mass is 470 g/mol. The van der Waals surface area contributed by atoms with Gasteiger partial charge in [-0.1, -0.05) is 11.8 Å². The Labute approximate surface area is 196 Å². The number of ether oxygens (including phenoxy) is 3. The predicted octanol–water partition coefficient (Wildman–Crippen LogP) is 2.13. The number of nitrogens with zero attached hydrogens (tertiary/aromatic N) is 6. The van der Waals surface area contributed by atoms with Crippen LogP contribution in [0.1, 0.15) is 0 Å². The fourth-order valence-electron chi connectivity index (χ4n) is 3.61. The van der Waals surface area contributed by atoms with Crippen molar-refractivity contribution in [3.05, 3.63) is 42.5 Å². The third kappa shape index (κ3) is 5.14. The van der Waals surface area contributed by atoms with Crippen LogP contribution >= 0.6 is 11.8 Å². The number of carbonyl (C=O) groups is 1. The normalized spacial score (nSPS) is 13.7. The molecule has 0 spiro atoms. The Morgan fingerprint density at radius 2 is 1.64 bits per heavy atom. The minimum absolute atomic E-state index is 0.0570. The van der Waals surface area contributed by atoms with Gasteiger partial charge in [-0.25, -0.2) is 0 Å². The topological polar surface area (TPSA) is 94.8 Å². The van der Waals surface area contributed by atoms with E-state index in [0.29, 0.717) is 35.4 Å². The van der Waals surface area contributed by atoms with Gasteiger partial charge in [0.1, 0.15) is 22.9 Å². The van der Waals surface area contributed by atoms with Crippen LogP contribution in [0.15, 0.2) is 47.6 Å². The second kappa shape index (κ2) is 10.4. The maximum Gasteiger partial charge on any atom is 0.233 e. The van der Waals surface area contributed by atoms with Crippen LogP contribution in [0.2, 0.25) is 0 Å². The Morgan fingerprint density at radius 3 is 2.30 bits per heavy atom. The van der Waals surface area contributed by atoms with E-state index in [4.69, 9.17) is 14.2 Å². The van der Waals surface area contributed by atoms with Gasteiger partial charge in [0.05, 0.1) is 27.1 Å². The number of thioether (sulfide) groups is 1. The minimum atomic E-state index is 0.0570. The number of rotatable bonds is 8. The number of methoxy groups -OCH3 is 3. The molecule has 4 rings (SSSR count). The zero-order chi connectivity index (χ0) is 23.2. The summed E-state index contributed by atoms with van der Waals surface area (Å²) < 4.78 is 17.5. The smallest absolute Gasteiger partial charge is 0.233 e. The molecule has 0 atom stereocenters. The summed E-state index contributed by atoms with van der Waals surface area (Å²) in [6, 6.07) is 13.4. The van der Waals surface area contributed by atoms with Crippen molar-refractivity contribution in [1.29, 1.82) is 0 Å². The van der Waals surface area contributed by atoms with Gasteiger partial charge < -0.3 is 24.0 Å². The van der Waals surface area contributed by atoms with Crippen LogP contribution in [0, 0.1) is 0 Å². The Hall–Kier alpha value is -3.47. The number of tetrazole rings is 1. The molecule has 1 aromatic heterocycles. The van der Waals surface area contributed by atoms with Crippen molar-refractivity contribution in [2.45, 2.75) is 5.16 Å². The number of carbonyl (C=O) groups excluding carboxylic acids is 1. The lowest BCUT2D eigenvalue weighted by molar-refractivity contribution is -0.128. The van der Waals surface area contributed by atoms with Crippen molar-refractivity contribution in [1.82, 2.24) is 25.1 Å². The number of hydrogen-bond donors (Lipinski definition) is 0. The van der Waals surface area contributed by atoms with E-state index in [2.05, 4.69) is 20.4 Å². The number of aromatic nitrogens is 4. The molecule has 11 heteroatoms. The highest BCUT2D eigenvalue weighted by molar-refractivity contribution is 7.99. The lowest BCUT2D eigenvalue weighted by atomic mass is 10.2. The molecule has 3 aromatic rings. The highest BCUT2D eigenvalue weighted by Gasteiger charge is 2.23. The largest absolute Gasteiger partial charge is 0.497 e. The van der Waals surface area contributed by atoms with E-state index < -0.39 is 0 Å². The van der Waals surface area contributed by atoms with E-state index in [-0.39, 0.29) is 11.7 Å². The molecular formula is C22H26N6O4S. The summed E-state index contributed by atoms with van der Waals surface area (Å²) in [6.07, 6.45) is 0. The van der Waals surface area contributed by atoms with Crippen molar-refractivity contribution in [2.24, 2.45) is 0 Å². The van der Waals surface area contributed by atoms with Gasteiger partial charge in [-0.3, -0.25) is 4.79 Å². The molecule has 0 N–H and O–H groups in total. The zero-order valence-electron chi connectivity index (χ0n) is 18.8. The first-order valence-electron chi connectivity index (χ1n) is 10.4. The summed E-state index contributed by atoms with van der Waals surface area (Å²) in [6.45, 7) is 2.89. The van der Waals surface area contributed by atoms with E-state index >= 15 is 0 Å². The summed E-state index contributed by atoms with van der Waals surface area (Å²) in [5, 5.41) is 12.4. The molecule has 1 amide bonds. The lowest BCUT2D eigenvalue weighted by Gasteiger charge is -2.36. The average molecular weight is 471 g/mol. The van der Waals surface area contributed by atoms with Crippen LogP contribution < -0.4 is 19.1 Å². The van der Waals surface area contributed by atoms with E-state index in [1.165, 1.54) is 11.8 Å². The van der Waals surface area contributed by atoms with Gasteiger partial charge >= 0.3 is 0 Å². The van der Waals surface area contributed by atoms with Crippen LogP contribution in [0.4, 0.5) is 5.69 Å². The number of anilines is 1. The summed E-state index contributed by atoms with van der Waals surface area (Å²) in [4.78, 5) is 17.0. The van der Waals surface area contributed by atoms with E-state index in [1.54, 1.807) is 44.2 Å². The molecule has 0 bridgehead atoms. The third-order valence-corrected chi connectivity index (χ3v) is 6.35. The molecule has 1 aliphatic heterocycles. The quantitative estimate of drug-likeness (QED) is 0.459. The molecule has 2 heterocycles. The van der Waals surface area contributed by atoms with Gasteiger partial charge in [0.2, 0.25) is 11.1 Å². The van der Waals surface area contributed by atoms with Crippen LogP contribution in [-0.2, 0) is 4.79 Å². The molecule has 1 aliphatic rings. The summed E-state index contributed by atoms with van der Waals surface area (Å²) in [5.74, 6) is 2.39. The molecular weight excluding hydrogens is 444 g/mol. The Bertz CT molecular complexity index is 1080. The van der Waals surface area contributed by atoms with Crippen molar-refractivity contribution < 1.29 is 19.0 Å². The predicted molar refractivity (Wildman–Crippen MR) is 125 cm³/mol. The molecule has 0 radical (unpaired) electrons. The summed E-state index contributed by atoms with van der Waals surface area (Å²) >= 11 is 1.30. The molecule has 10 nitrogen and oxygen atoms in total. The van der Waals surface area contributed by atoms with Gasteiger partial charge in [-0.15, -0.1) is 5.10 Å². The standard InChI is InChI=1S/C22H26N6O4S/c1-30-17-6-4-16(5-7-17)26-10-12-27(13-11-26)21(29)15-33-22-23-24-25-28(22)19-14-18(31-2)8-9-20(19)32-3/h4-9,14H,10-13,15H2,1-3H3. The van der Waals surface area contributed by atoms with E-state index in [9.17, 15) is 4.79 Å². The molecule has 1 fully saturated rings. The molecule has 174 valence electrons. The molecule has 1 saturated heterocycles. The number of piperazine rings is 1. The fraction of sp³-hybridized carbons (Fsp3) is 0.364. The summed E-state index contributed by atoms with van der Waals surface area (Å²) in [7, 11) is 4.83. The first-order chi connectivity index (χ1) is 16.1. The minimum Gasteiger partial charge on any atom is -0.497 e. The van der Waals surface area contributed by atoms with Gasteiger partial charge in [0.15, 0.2) is 0 Å². The lowest BCUT2D eigenvalue weighted by Crippen LogP contribution is -2.49. The van der Waals surface area contributed by atoms with Crippen molar-refractivity contribution in [3.8, 4) is 22.9 Å². The highest BCUT2D eigenvalue weighted by atomic mass is 32.2. The second-order valence-electron chi connectivity index (χ2n) is 7.27. The maximum absolute atomic E-state index is 12.8. The molecule has 0 unspecified atom stereocenters. The van der Waals surface area contributed by atoms with E-state index in [0.717, 1.165) is 24.5 Å². The number of benzene rings is 2. The van der Waals surface area contributed by atoms with Crippen molar-refractivity contribution in [3.63, 3.8) is 0 Å². The van der Waals surface area contributed by atoms with Crippen LogP contribution in [-0.4, -0.2) is 84.3 Å². The number of amides is 1. The second-order valence-corrected chi connectivity index (χ2v) is 8.21. The average Bonchev–Trinajstić information content (AvgIpc) is 3.35. The van der Waals surface area contributed by atoms with Crippen LogP contribution in [0.25, 0.3) is 5.69 Å². The van der Waals surface area contributed by atoms with Crippen molar-refractivity contribution >= 4 is 23.4 Å². The molecule has 33 heavy (non-hydrogen) atoms. The first kappa shape index (κ1) is 22.7. The number of hydrogen-bond acceptors (Lipinski definition) is 9. The van der Waals surface area contributed by atoms with Gasteiger partial charge in [-0.2, -0.15) is 4.68 Å². The van der Waals surface area contributed by atoms with Crippen LogP contribution in [0.3, 0.4) is 0 Å². The summed E-state index contributed by atoms with van der Waals surface area (Å²) in [5.41, 5.74) is 1.77. The first-order valence-corrected chi connectivity index (χ1v) is 11.4. The molecule has 2 aromatic carbocycles. The molecule has 0 saturated carbocycles. The van der Waals surface area contributed by atoms with Crippen LogP contribution in [0.5, 0.6) is 17.2 Å². The Kier molecular flexibility index (Phi) is 7.18. The van der Waals surface area contributed by atoms with E-state index in [1.807, 2.05) is 29.2 Å². The van der Waals surface area contributed by atoms with Gasteiger partial charge in [-0.05, 0) is 46.8 Å².